The molecule has 0 unspecified atom stereocenters. The van der Waals surface area contributed by atoms with Crippen molar-refractivity contribution in [2.75, 3.05) is 13.1 Å². The van der Waals surface area contributed by atoms with E-state index in [1.807, 2.05) is 55.6 Å². The van der Waals surface area contributed by atoms with Crippen LogP contribution in [0.15, 0.2) is 61.1 Å². The predicted octanol–water partition coefficient (Wildman–Crippen LogP) is 2.72. The summed E-state index contributed by atoms with van der Waals surface area (Å²) in [6.45, 7) is 3.91. The van der Waals surface area contributed by atoms with Crippen LogP contribution in [0.2, 0.25) is 0 Å². The van der Waals surface area contributed by atoms with Gasteiger partial charge in [-0.05, 0) is 24.6 Å². The molecule has 3 heterocycles. The SMILES string of the molecule is Cc1cnc(-c2ccncc2)n1CC1CN(S(=O)(=O)Cc2ccccc2)C1. The van der Waals surface area contributed by atoms with E-state index in [0.717, 1.165) is 29.2 Å². The minimum Gasteiger partial charge on any atom is -0.328 e. The highest BCUT2D eigenvalue weighted by molar-refractivity contribution is 7.88. The van der Waals surface area contributed by atoms with E-state index in [0.29, 0.717) is 19.0 Å². The molecule has 3 aromatic rings. The highest BCUT2D eigenvalue weighted by Crippen LogP contribution is 2.27. The molecule has 0 aliphatic carbocycles. The number of rotatable bonds is 6. The number of pyridine rings is 1. The summed E-state index contributed by atoms with van der Waals surface area (Å²) in [5.74, 6) is 1.26. The number of aryl methyl sites for hydroxylation is 1. The summed E-state index contributed by atoms with van der Waals surface area (Å²) in [4.78, 5) is 8.58. The number of nitrogens with zero attached hydrogens (tertiary/aromatic N) is 4. The summed E-state index contributed by atoms with van der Waals surface area (Å²) in [6.07, 6.45) is 5.37. The van der Waals surface area contributed by atoms with Gasteiger partial charge in [-0.25, -0.2) is 17.7 Å². The molecule has 0 radical (unpaired) electrons. The third-order valence-corrected chi connectivity index (χ3v) is 6.73. The first-order valence-electron chi connectivity index (χ1n) is 8.97. The molecule has 27 heavy (non-hydrogen) atoms. The molecule has 0 bridgehead atoms. The van der Waals surface area contributed by atoms with Gasteiger partial charge in [0.2, 0.25) is 10.0 Å². The lowest BCUT2D eigenvalue weighted by molar-refractivity contribution is 0.179. The molecule has 2 aromatic heterocycles. The third kappa shape index (κ3) is 3.79. The van der Waals surface area contributed by atoms with Crippen molar-refractivity contribution < 1.29 is 8.42 Å². The fraction of sp³-hybridized carbons (Fsp3) is 0.300. The minimum atomic E-state index is -3.26. The minimum absolute atomic E-state index is 0.0624. The molecular formula is C20H22N4O2S. The Morgan fingerprint density at radius 2 is 1.78 bits per heavy atom. The largest absolute Gasteiger partial charge is 0.328 e. The fourth-order valence-electron chi connectivity index (χ4n) is 3.42. The van der Waals surface area contributed by atoms with Crippen molar-refractivity contribution in [1.29, 1.82) is 0 Å². The van der Waals surface area contributed by atoms with Crippen LogP contribution in [0.3, 0.4) is 0 Å². The molecule has 1 aliphatic rings. The lowest BCUT2D eigenvalue weighted by Gasteiger charge is -2.38. The summed E-state index contributed by atoms with van der Waals surface area (Å²) >= 11 is 0. The molecular weight excluding hydrogens is 360 g/mol. The van der Waals surface area contributed by atoms with Crippen LogP contribution in [-0.4, -0.2) is 40.3 Å². The molecule has 1 aromatic carbocycles. The molecule has 0 amide bonds. The summed E-state index contributed by atoms with van der Waals surface area (Å²) in [5.41, 5.74) is 2.92. The maximum Gasteiger partial charge on any atom is 0.218 e. The standard InChI is InChI=1S/C20H22N4O2S/c1-16-11-22-20(19-7-9-21-10-8-19)24(16)14-18-12-23(13-18)27(25,26)15-17-5-3-2-4-6-17/h2-11,18H,12-15H2,1H3. The van der Waals surface area contributed by atoms with Crippen LogP contribution in [0.5, 0.6) is 0 Å². The zero-order valence-electron chi connectivity index (χ0n) is 15.2. The van der Waals surface area contributed by atoms with E-state index < -0.39 is 10.0 Å². The molecule has 4 rings (SSSR count). The first-order chi connectivity index (χ1) is 13.0. The Morgan fingerprint density at radius 3 is 2.48 bits per heavy atom. The van der Waals surface area contributed by atoms with E-state index >= 15 is 0 Å². The zero-order valence-corrected chi connectivity index (χ0v) is 16.0. The van der Waals surface area contributed by atoms with E-state index in [4.69, 9.17) is 0 Å². The second-order valence-electron chi connectivity index (χ2n) is 6.99. The van der Waals surface area contributed by atoms with Gasteiger partial charge in [0.05, 0.1) is 5.75 Å². The molecule has 0 spiro atoms. The number of benzene rings is 1. The normalized spacial score (nSPS) is 15.6. The van der Waals surface area contributed by atoms with Crippen LogP contribution in [0.4, 0.5) is 0 Å². The second kappa shape index (κ2) is 7.25. The Morgan fingerprint density at radius 1 is 1.07 bits per heavy atom. The van der Waals surface area contributed by atoms with Gasteiger partial charge in [0.15, 0.2) is 0 Å². The number of imidazole rings is 1. The molecule has 1 aliphatic heterocycles. The maximum absolute atomic E-state index is 12.6. The number of hydrogen-bond acceptors (Lipinski definition) is 4. The van der Waals surface area contributed by atoms with E-state index in [1.165, 1.54) is 0 Å². The third-order valence-electron chi connectivity index (χ3n) is 4.94. The lowest BCUT2D eigenvalue weighted by Crippen LogP contribution is -2.51. The summed E-state index contributed by atoms with van der Waals surface area (Å²) in [5, 5.41) is 0. The number of aromatic nitrogens is 3. The van der Waals surface area contributed by atoms with Crippen molar-refractivity contribution in [2.24, 2.45) is 5.92 Å². The van der Waals surface area contributed by atoms with Crippen LogP contribution in [0.1, 0.15) is 11.3 Å². The highest BCUT2D eigenvalue weighted by atomic mass is 32.2. The molecule has 140 valence electrons. The first-order valence-corrected chi connectivity index (χ1v) is 10.6. The summed E-state index contributed by atoms with van der Waals surface area (Å²) in [6, 6.07) is 13.2. The predicted molar refractivity (Wildman–Crippen MR) is 104 cm³/mol. The zero-order chi connectivity index (χ0) is 18.9. The van der Waals surface area contributed by atoms with Crippen molar-refractivity contribution in [3.05, 3.63) is 72.3 Å². The van der Waals surface area contributed by atoms with Crippen LogP contribution >= 0.6 is 0 Å². The quantitative estimate of drug-likeness (QED) is 0.657. The Labute approximate surface area is 159 Å². The molecule has 7 heteroatoms. The summed E-state index contributed by atoms with van der Waals surface area (Å²) in [7, 11) is -3.26. The van der Waals surface area contributed by atoms with Gasteiger partial charge in [0.25, 0.3) is 0 Å². The molecule has 1 fully saturated rings. The Balaban J connectivity index is 1.42. The maximum atomic E-state index is 12.6. The average Bonchev–Trinajstić information content (AvgIpc) is 2.99. The van der Waals surface area contributed by atoms with Crippen molar-refractivity contribution in [3.63, 3.8) is 0 Å². The molecule has 0 atom stereocenters. The average molecular weight is 382 g/mol. The van der Waals surface area contributed by atoms with Crippen molar-refractivity contribution in [3.8, 4) is 11.4 Å². The highest BCUT2D eigenvalue weighted by Gasteiger charge is 2.36. The van der Waals surface area contributed by atoms with Crippen LogP contribution < -0.4 is 0 Å². The van der Waals surface area contributed by atoms with Crippen LogP contribution in [-0.2, 0) is 22.3 Å². The molecule has 1 saturated heterocycles. The Hall–Kier alpha value is -2.51. The lowest BCUT2D eigenvalue weighted by atomic mass is 10.0. The van der Waals surface area contributed by atoms with Crippen molar-refractivity contribution >= 4 is 10.0 Å². The van der Waals surface area contributed by atoms with E-state index in [9.17, 15) is 8.42 Å². The van der Waals surface area contributed by atoms with Gasteiger partial charge in [-0.1, -0.05) is 30.3 Å². The topological polar surface area (TPSA) is 68.1 Å². The monoisotopic (exact) mass is 382 g/mol. The summed E-state index contributed by atoms with van der Waals surface area (Å²) < 4.78 is 28.9. The van der Waals surface area contributed by atoms with Gasteiger partial charge in [-0.2, -0.15) is 0 Å². The van der Waals surface area contributed by atoms with Gasteiger partial charge in [0.1, 0.15) is 5.82 Å². The molecule has 6 nitrogen and oxygen atoms in total. The van der Waals surface area contributed by atoms with E-state index in [-0.39, 0.29) is 5.75 Å². The van der Waals surface area contributed by atoms with E-state index in [2.05, 4.69) is 14.5 Å². The van der Waals surface area contributed by atoms with Gasteiger partial charge in [0, 0.05) is 55.4 Å². The second-order valence-corrected chi connectivity index (χ2v) is 8.96. The first kappa shape index (κ1) is 17.9. The van der Waals surface area contributed by atoms with Crippen molar-refractivity contribution in [2.45, 2.75) is 19.2 Å². The number of sulfonamides is 1. The smallest absolute Gasteiger partial charge is 0.218 e. The van der Waals surface area contributed by atoms with Gasteiger partial charge < -0.3 is 4.57 Å². The van der Waals surface area contributed by atoms with Crippen LogP contribution in [0.25, 0.3) is 11.4 Å². The molecule has 0 saturated carbocycles. The van der Waals surface area contributed by atoms with Crippen LogP contribution in [0, 0.1) is 12.8 Å². The van der Waals surface area contributed by atoms with Crippen molar-refractivity contribution in [1.82, 2.24) is 18.8 Å². The fourth-order valence-corrected chi connectivity index (χ4v) is 5.09. The van der Waals surface area contributed by atoms with E-state index in [1.54, 1.807) is 16.7 Å². The Kier molecular flexibility index (Phi) is 4.80. The van der Waals surface area contributed by atoms with Gasteiger partial charge in [-0.3, -0.25) is 4.98 Å². The molecule has 0 N–H and O–H groups in total. The Bertz CT molecular complexity index is 1010. The van der Waals surface area contributed by atoms with Gasteiger partial charge in [-0.15, -0.1) is 0 Å². The number of hydrogen-bond donors (Lipinski definition) is 0. The van der Waals surface area contributed by atoms with Gasteiger partial charge >= 0.3 is 0 Å².